The summed E-state index contributed by atoms with van der Waals surface area (Å²) in [5, 5.41) is 4.64. The fraction of sp³-hybridized carbons (Fsp3) is 0.389. The predicted molar refractivity (Wildman–Crippen MR) is 94.0 cm³/mol. The number of nitrogens with zero attached hydrogens (tertiary/aromatic N) is 5. The minimum atomic E-state index is 0.141. The van der Waals surface area contributed by atoms with Crippen LogP contribution in [0.5, 0.6) is 0 Å². The van der Waals surface area contributed by atoms with Gasteiger partial charge in [-0.25, -0.2) is 4.98 Å². The fourth-order valence-electron chi connectivity index (χ4n) is 2.53. The highest BCUT2D eigenvalue weighted by Crippen LogP contribution is 2.25. The van der Waals surface area contributed by atoms with Gasteiger partial charge in [-0.3, -0.25) is 0 Å². The maximum atomic E-state index is 4.64. The van der Waals surface area contributed by atoms with E-state index in [0.717, 1.165) is 17.1 Å². The molecule has 3 rings (SSSR count). The first-order valence-electron chi connectivity index (χ1n) is 7.78. The summed E-state index contributed by atoms with van der Waals surface area (Å²) in [6.45, 7) is 8.60. The van der Waals surface area contributed by atoms with Crippen LogP contribution in [0.2, 0.25) is 0 Å². The van der Waals surface area contributed by atoms with Gasteiger partial charge in [-0.15, -0.1) is 5.10 Å². The van der Waals surface area contributed by atoms with Crippen LogP contribution in [0.3, 0.4) is 0 Å². The van der Waals surface area contributed by atoms with Crippen LogP contribution in [-0.4, -0.2) is 33.7 Å². The summed E-state index contributed by atoms with van der Waals surface area (Å²) in [5.74, 6) is 2.30. The van der Waals surface area contributed by atoms with Crippen molar-refractivity contribution >= 4 is 11.6 Å². The van der Waals surface area contributed by atoms with Crippen LogP contribution >= 0.6 is 0 Å². The lowest BCUT2D eigenvalue weighted by Gasteiger charge is -2.18. The molecular weight excluding hydrogens is 286 g/mol. The van der Waals surface area contributed by atoms with E-state index in [1.165, 1.54) is 5.56 Å². The smallest absolute Gasteiger partial charge is 0.254 e. The molecule has 5 nitrogen and oxygen atoms in total. The highest BCUT2D eigenvalue weighted by atomic mass is 15.4. The molecule has 2 heterocycles. The molecule has 5 heteroatoms. The number of rotatable bonds is 2. The molecule has 120 valence electrons. The molecular formula is C18H23N5. The van der Waals surface area contributed by atoms with Crippen molar-refractivity contribution in [1.82, 2.24) is 19.6 Å². The Balaban J connectivity index is 2.09. The number of aryl methyl sites for hydroxylation is 1. The van der Waals surface area contributed by atoms with E-state index in [2.05, 4.69) is 60.1 Å². The summed E-state index contributed by atoms with van der Waals surface area (Å²) >= 11 is 0. The van der Waals surface area contributed by atoms with E-state index in [0.29, 0.717) is 11.6 Å². The summed E-state index contributed by atoms with van der Waals surface area (Å²) in [7, 11) is 3.99. The van der Waals surface area contributed by atoms with Crippen LogP contribution in [0, 0.1) is 6.92 Å². The minimum absolute atomic E-state index is 0.141. The van der Waals surface area contributed by atoms with Crippen molar-refractivity contribution < 1.29 is 0 Å². The second kappa shape index (κ2) is 5.33. The van der Waals surface area contributed by atoms with Gasteiger partial charge in [-0.2, -0.15) is 9.50 Å². The Kier molecular flexibility index (Phi) is 3.59. The highest BCUT2D eigenvalue weighted by molar-refractivity contribution is 5.59. The molecule has 0 spiro atoms. The van der Waals surface area contributed by atoms with Gasteiger partial charge in [0.05, 0.1) is 0 Å². The monoisotopic (exact) mass is 309 g/mol. The van der Waals surface area contributed by atoms with Crippen molar-refractivity contribution in [2.24, 2.45) is 0 Å². The van der Waals surface area contributed by atoms with Gasteiger partial charge in [0.1, 0.15) is 5.82 Å². The third-order valence-electron chi connectivity index (χ3n) is 3.89. The number of hydrogen-bond donors (Lipinski definition) is 0. The lowest BCUT2D eigenvalue weighted by Crippen LogP contribution is -2.14. The van der Waals surface area contributed by atoms with Gasteiger partial charge in [0.15, 0.2) is 5.82 Å². The van der Waals surface area contributed by atoms with E-state index >= 15 is 0 Å². The van der Waals surface area contributed by atoms with Gasteiger partial charge in [0.2, 0.25) is 0 Å². The summed E-state index contributed by atoms with van der Waals surface area (Å²) in [5.41, 5.74) is 3.38. The minimum Gasteiger partial charge on any atom is -0.363 e. The van der Waals surface area contributed by atoms with Crippen molar-refractivity contribution in [2.75, 3.05) is 19.0 Å². The average molecular weight is 309 g/mol. The third-order valence-corrected chi connectivity index (χ3v) is 3.89. The van der Waals surface area contributed by atoms with Crippen LogP contribution < -0.4 is 4.90 Å². The van der Waals surface area contributed by atoms with E-state index in [-0.39, 0.29) is 5.41 Å². The zero-order valence-corrected chi connectivity index (χ0v) is 14.6. The number of fused-ring (bicyclic) bond motifs is 1. The zero-order valence-electron chi connectivity index (χ0n) is 14.6. The molecule has 2 aromatic heterocycles. The molecule has 0 aliphatic rings. The average Bonchev–Trinajstić information content (AvgIpc) is 2.89. The molecule has 0 radical (unpaired) electrons. The number of aromatic nitrogens is 4. The molecule has 0 aliphatic heterocycles. The maximum Gasteiger partial charge on any atom is 0.254 e. The highest BCUT2D eigenvalue weighted by Gasteiger charge is 2.15. The molecule has 3 aromatic rings. The lowest BCUT2D eigenvalue weighted by molar-refractivity contribution is 0.590. The molecule has 0 atom stereocenters. The predicted octanol–water partition coefficient (Wildman–Crippen LogP) is 3.46. The molecule has 0 unspecified atom stereocenters. The summed E-state index contributed by atoms with van der Waals surface area (Å²) < 4.78 is 1.79. The van der Waals surface area contributed by atoms with Gasteiger partial charge in [0, 0.05) is 31.4 Å². The Morgan fingerprint density at radius 1 is 1.00 bits per heavy atom. The Bertz CT molecular complexity index is 838. The molecule has 0 saturated carbocycles. The second-order valence-electron chi connectivity index (χ2n) is 7.12. The van der Waals surface area contributed by atoms with Crippen LogP contribution in [0.15, 0.2) is 30.3 Å². The van der Waals surface area contributed by atoms with Crippen molar-refractivity contribution in [3.63, 3.8) is 0 Å². The van der Waals surface area contributed by atoms with E-state index in [4.69, 9.17) is 0 Å². The Morgan fingerprint density at radius 3 is 2.22 bits per heavy atom. The third kappa shape index (κ3) is 2.91. The molecule has 0 fully saturated rings. The van der Waals surface area contributed by atoms with Gasteiger partial charge in [-0.05, 0) is 17.9 Å². The summed E-state index contributed by atoms with van der Waals surface area (Å²) in [6.07, 6.45) is 0. The Hall–Kier alpha value is -2.43. The Labute approximate surface area is 137 Å². The van der Waals surface area contributed by atoms with Crippen LogP contribution in [0.4, 0.5) is 5.82 Å². The van der Waals surface area contributed by atoms with Gasteiger partial charge < -0.3 is 4.90 Å². The van der Waals surface area contributed by atoms with Crippen molar-refractivity contribution in [1.29, 1.82) is 0 Å². The van der Waals surface area contributed by atoms with Crippen LogP contribution in [0.25, 0.3) is 17.2 Å². The van der Waals surface area contributed by atoms with E-state index in [9.17, 15) is 0 Å². The molecule has 1 aromatic carbocycles. The molecule has 0 N–H and O–H groups in total. The SMILES string of the molecule is Cc1cc(N(C)C)n2nc(-c3ccc(C(C)(C)C)cc3)nc2n1. The van der Waals surface area contributed by atoms with Gasteiger partial charge in [0.25, 0.3) is 5.78 Å². The summed E-state index contributed by atoms with van der Waals surface area (Å²) in [4.78, 5) is 11.1. The van der Waals surface area contributed by atoms with E-state index in [1.807, 2.05) is 32.0 Å². The van der Waals surface area contributed by atoms with Crippen molar-refractivity contribution in [3.8, 4) is 11.4 Å². The van der Waals surface area contributed by atoms with Gasteiger partial charge in [-0.1, -0.05) is 45.0 Å². The first-order valence-corrected chi connectivity index (χ1v) is 7.78. The molecule has 0 bridgehead atoms. The number of benzene rings is 1. The topological polar surface area (TPSA) is 46.3 Å². The van der Waals surface area contributed by atoms with Crippen molar-refractivity contribution in [3.05, 3.63) is 41.6 Å². The number of anilines is 1. The summed E-state index contributed by atoms with van der Waals surface area (Å²) in [6, 6.07) is 10.5. The second-order valence-corrected chi connectivity index (χ2v) is 7.12. The fourth-order valence-corrected chi connectivity index (χ4v) is 2.53. The molecule has 0 amide bonds. The largest absolute Gasteiger partial charge is 0.363 e. The lowest BCUT2D eigenvalue weighted by atomic mass is 9.87. The van der Waals surface area contributed by atoms with E-state index in [1.54, 1.807) is 4.52 Å². The van der Waals surface area contributed by atoms with Crippen LogP contribution in [0.1, 0.15) is 32.0 Å². The molecule has 23 heavy (non-hydrogen) atoms. The van der Waals surface area contributed by atoms with Gasteiger partial charge >= 0.3 is 0 Å². The first-order chi connectivity index (χ1) is 10.8. The van der Waals surface area contributed by atoms with Crippen LogP contribution in [-0.2, 0) is 5.41 Å². The Morgan fingerprint density at radius 2 is 1.65 bits per heavy atom. The molecule has 0 saturated heterocycles. The van der Waals surface area contributed by atoms with E-state index < -0.39 is 0 Å². The standard InChI is InChI=1S/C18H23N5/c1-12-11-15(22(5)6)23-17(19-12)20-16(21-23)13-7-9-14(10-8-13)18(2,3)4/h7-11H,1-6H3. The zero-order chi connectivity index (χ0) is 16.8. The van der Waals surface area contributed by atoms with Crippen molar-refractivity contribution in [2.45, 2.75) is 33.1 Å². The number of hydrogen-bond acceptors (Lipinski definition) is 4. The maximum absolute atomic E-state index is 4.64. The first kappa shape index (κ1) is 15.5. The molecule has 0 aliphatic carbocycles. The quantitative estimate of drug-likeness (QED) is 0.727. The normalized spacial score (nSPS) is 11.9.